The Morgan fingerprint density at radius 2 is 1.43 bits per heavy atom. The first-order valence-electron chi connectivity index (χ1n) is 10.9. The second-order valence-electron chi connectivity index (χ2n) is 9.48. The fraction of sp³-hybridized carbons (Fsp3) is 0.231. The maximum Gasteiger partial charge on any atom is 0.328 e. The minimum absolute atomic E-state index is 0.0212. The Hall–Kier alpha value is -3.72. The molecule has 3 aromatic carbocycles. The summed E-state index contributed by atoms with van der Waals surface area (Å²) < 4.78 is 43.2. The van der Waals surface area contributed by atoms with E-state index in [1.165, 1.54) is 28.3 Å². The molecule has 0 aliphatic rings. The van der Waals surface area contributed by atoms with Crippen molar-refractivity contribution in [3.63, 3.8) is 0 Å². The predicted molar refractivity (Wildman–Crippen MR) is 133 cm³/mol. The average molecular weight is 496 g/mol. The molecule has 7 nitrogen and oxygen atoms in total. The minimum atomic E-state index is -4.16. The zero-order valence-corrected chi connectivity index (χ0v) is 20.9. The maximum absolute atomic E-state index is 13.5. The molecule has 0 saturated heterocycles. The van der Waals surface area contributed by atoms with E-state index in [4.69, 9.17) is 0 Å². The van der Waals surface area contributed by atoms with Crippen molar-refractivity contribution in [2.45, 2.75) is 36.0 Å². The van der Waals surface area contributed by atoms with Gasteiger partial charge in [0.15, 0.2) is 0 Å². The van der Waals surface area contributed by atoms with Gasteiger partial charge in [-0.3, -0.25) is 13.9 Å². The van der Waals surface area contributed by atoms with Crippen LogP contribution in [0.5, 0.6) is 0 Å². The van der Waals surface area contributed by atoms with Crippen LogP contribution in [0.3, 0.4) is 0 Å². The Kier molecular flexibility index (Phi) is 5.92. The lowest BCUT2D eigenvalue weighted by Crippen LogP contribution is -2.19. The predicted octanol–water partition coefficient (Wildman–Crippen LogP) is 4.40. The first-order valence-corrected chi connectivity index (χ1v) is 12.4. The minimum Gasteiger partial charge on any atom is -0.321 e. The number of halogens is 1. The van der Waals surface area contributed by atoms with E-state index in [0.717, 1.165) is 29.8 Å². The molecular weight excluding hydrogens is 469 g/mol. The molecular formula is C26H26FN3O4S. The number of amides is 1. The number of aromatic nitrogens is 2. The van der Waals surface area contributed by atoms with Gasteiger partial charge in [0.1, 0.15) is 5.82 Å². The van der Waals surface area contributed by atoms with Gasteiger partial charge in [-0.25, -0.2) is 17.6 Å². The molecule has 0 aliphatic carbocycles. The van der Waals surface area contributed by atoms with Crippen molar-refractivity contribution in [1.29, 1.82) is 0 Å². The van der Waals surface area contributed by atoms with Gasteiger partial charge in [0.05, 0.1) is 26.5 Å². The van der Waals surface area contributed by atoms with E-state index in [9.17, 15) is 22.4 Å². The summed E-state index contributed by atoms with van der Waals surface area (Å²) in [6.07, 6.45) is 0. The Labute approximate surface area is 202 Å². The number of nitrogens with zero attached hydrogens (tertiary/aromatic N) is 2. The van der Waals surface area contributed by atoms with Crippen LogP contribution in [0.15, 0.2) is 75.2 Å². The van der Waals surface area contributed by atoms with E-state index < -0.39 is 21.6 Å². The number of carbonyl (C=O) groups excluding carboxylic acids is 1. The summed E-state index contributed by atoms with van der Waals surface area (Å²) in [6.45, 7) is 6.19. The number of rotatable bonds is 4. The van der Waals surface area contributed by atoms with E-state index in [0.29, 0.717) is 16.6 Å². The summed E-state index contributed by atoms with van der Waals surface area (Å²) in [5.41, 5.74) is 1.83. The van der Waals surface area contributed by atoms with Gasteiger partial charge in [-0.05, 0) is 59.5 Å². The number of hydrogen-bond acceptors (Lipinski definition) is 4. The molecule has 0 saturated carbocycles. The zero-order valence-electron chi connectivity index (χ0n) is 20.1. The summed E-state index contributed by atoms with van der Waals surface area (Å²) in [7, 11) is -1.06. The molecule has 1 amide bonds. The summed E-state index contributed by atoms with van der Waals surface area (Å²) in [4.78, 5) is 25.2. The van der Waals surface area contributed by atoms with Crippen molar-refractivity contribution in [2.75, 3.05) is 5.32 Å². The third-order valence-corrected chi connectivity index (χ3v) is 7.86. The number of aryl methyl sites for hydroxylation is 2. The molecule has 0 spiro atoms. The highest BCUT2D eigenvalue weighted by Crippen LogP contribution is 2.32. The van der Waals surface area contributed by atoms with Crippen LogP contribution in [0.1, 0.15) is 36.7 Å². The van der Waals surface area contributed by atoms with Crippen molar-refractivity contribution >= 4 is 32.5 Å². The van der Waals surface area contributed by atoms with Crippen molar-refractivity contribution < 1.29 is 17.6 Å². The summed E-state index contributed by atoms with van der Waals surface area (Å²) in [5.74, 6) is -1.07. The van der Waals surface area contributed by atoms with Crippen LogP contribution in [-0.2, 0) is 29.3 Å². The number of sulfone groups is 1. The monoisotopic (exact) mass is 495 g/mol. The topological polar surface area (TPSA) is 90.2 Å². The molecule has 1 heterocycles. The van der Waals surface area contributed by atoms with Gasteiger partial charge in [-0.15, -0.1) is 0 Å². The third kappa shape index (κ3) is 4.39. The van der Waals surface area contributed by atoms with E-state index in [-0.39, 0.29) is 26.6 Å². The van der Waals surface area contributed by atoms with Gasteiger partial charge in [-0.2, -0.15) is 0 Å². The Morgan fingerprint density at radius 1 is 0.886 bits per heavy atom. The number of hydrogen-bond donors (Lipinski definition) is 1. The van der Waals surface area contributed by atoms with Crippen molar-refractivity contribution in [3.8, 4) is 0 Å². The lowest BCUT2D eigenvalue weighted by molar-refractivity contribution is 0.102. The normalized spacial score (nSPS) is 12.2. The van der Waals surface area contributed by atoms with Crippen molar-refractivity contribution in [2.24, 2.45) is 14.1 Å². The number of carbonyl (C=O) groups is 1. The van der Waals surface area contributed by atoms with E-state index in [1.54, 1.807) is 19.2 Å². The molecule has 1 N–H and O–H groups in total. The smallest absolute Gasteiger partial charge is 0.321 e. The molecule has 0 atom stereocenters. The molecule has 0 fully saturated rings. The van der Waals surface area contributed by atoms with Gasteiger partial charge in [0.2, 0.25) is 9.84 Å². The number of benzene rings is 3. The molecule has 1 aromatic heterocycles. The molecule has 9 heteroatoms. The van der Waals surface area contributed by atoms with Crippen LogP contribution in [0.2, 0.25) is 0 Å². The van der Waals surface area contributed by atoms with Crippen LogP contribution < -0.4 is 11.0 Å². The van der Waals surface area contributed by atoms with E-state index in [2.05, 4.69) is 26.1 Å². The fourth-order valence-electron chi connectivity index (χ4n) is 3.90. The first-order chi connectivity index (χ1) is 16.3. The highest BCUT2D eigenvalue weighted by molar-refractivity contribution is 7.91. The third-order valence-electron chi connectivity index (χ3n) is 6.05. The van der Waals surface area contributed by atoms with Crippen LogP contribution in [0.25, 0.3) is 11.0 Å². The average Bonchev–Trinajstić information content (AvgIpc) is 3.01. The molecule has 0 aliphatic heterocycles. The second-order valence-corrected chi connectivity index (χ2v) is 11.4. The van der Waals surface area contributed by atoms with Gasteiger partial charge >= 0.3 is 5.69 Å². The van der Waals surface area contributed by atoms with Gasteiger partial charge in [-0.1, -0.05) is 32.9 Å². The van der Waals surface area contributed by atoms with Crippen LogP contribution in [0, 0.1) is 5.82 Å². The Bertz CT molecular complexity index is 1610. The fourth-order valence-corrected chi connectivity index (χ4v) is 5.32. The largest absolute Gasteiger partial charge is 0.328 e. The second kappa shape index (κ2) is 8.49. The highest BCUT2D eigenvalue weighted by atomic mass is 32.2. The summed E-state index contributed by atoms with van der Waals surface area (Å²) >= 11 is 0. The van der Waals surface area contributed by atoms with Gasteiger partial charge in [0, 0.05) is 19.7 Å². The molecule has 35 heavy (non-hydrogen) atoms. The maximum atomic E-state index is 13.5. The van der Waals surface area contributed by atoms with Crippen LogP contribution in [-0.4, -0.2) is 23.5 Å². The molecule has 182 valence electrons. The van der Waals surface area contributed by atoms with Crippen LogP contribution >= 0.6 is 0 Å². The SMILES string of the molecule is Cn1c(=O)n(C)c2cc(S(=O)(=O)c3ccc(F)cc3)c(NC(=O)c3ccc(C(C)(C)C)cc3)cc21. The first kappa shape index (κ1) is 24.4. The number of anilines is 1. The molecule has 4 aromatic rings. The standard InChI is InChI=1S/C26H26FN3O4S/c1-26(2,3)17-8-6-16(7-9-17)24(31)28-20-14-21-22(30(5)25(32)29(21)4)15-23(20)35(33,34)19-12-10-18(27)11-13-19/h6-15H,1-5H3,(H,28,31). The zero-order chi connectivity index (χ0) is 25.7. The molecule has 0 bridgehead atoms. The quantitative estimate of drug-likeness (QED) is 0.425. The lowest BCUT2D eigenvalue weighted by atomic mass is 9.87. The van der Waals surface area contributed by atoms with Crippen molar-refractivity contribution in [1.82, 2.24) is 9.13 Å². The van der Waals surface area contributed by atoms with E-state index in [1.807, 2.05) is 12.1 Å². The molecule has 0 radical (unpaired) electrons. The van der Waals surface area contributed by atoms with Gasteiger partial charge in [0.25, 0.3) is 5.91 Å². The Morgan fingerprint density at radius 3 is 1.97 bits per heavy atom. The van der Waals surface area contributed by atoms with Crippen LogP contribution in [0.4, 0.5) is 10.1 Å². The highest BCUT2D eigenvalue weighted by Gasteiger charge is 2.26. The lowest BCUT2D eigenvalue weighted by Gasteiger charge is -2.19. The molecule has 4 rings (SSSR count). The van der Waals surface area contributed by atoms with Gasteiger partial charge < -0.3 is 5.32 Å². The number of nitrogens with one attached hydrogen (secondary N) is 1. The summed E-state index contributed by atoms with van der Waals surface area (Å²) in [6, 6.07) is 14.3. The number of fused-ring (bicyclic) bond motifs is 1. The number of imidazole rings is 1. The van der Waals surface area contributed by atoms with E-state index >= 15 is 0 Å². The summed E-state index contributed by atoms with van der Waals surface area (Å²) in [5, 5.41) is 2.70. The van der Waals surface area contributed by atoms with Crippen molar-refractivity contribution in [3.05, 3.63) is 88.1 Å². The Balaban J connectivity index is 1.86. The molecule has 0 unspecified atom stereocenters.